The quantitative estimate of drug-likeness (QED) is 0.410. The van der Waals surface area contributed by atoms with Crippen molar-refractivity contribution < 1.29 is 4.86 Å². The number of hydrogen-bond acceptors (Lipinski definition) is 3. The zero-order valence-electron chi connectivity index (χ0n) is 6.75. The van der Waals surface area contributed by atoms with Gasteiger partial charge in [-0.2, -0.15) is 0 Å². The van der Waals surface area contributed by atoms with Crippen LogP contribution < -0.4 is 0 Å². The van der Waals surface area contributed by atoms with E-state index in [4.69, 9.17) is 11.8 Å². The molecule has 0 bridgehead atoms. The summed E-state index contributed by atoms with van der Waals surface area (Å²) < 4.78 is 2.74. The summed E-state index contributed by atoms with van der Waals surface area (Å²) in [7, 11) is 0. The Bertz CT molecular complexity index is 424. The van der Waals surface area contributed by atoms with Gasteiger partial charge in [0.15, 0.2) is 24.0 Å². The standard InChI is InChI=1S/C7H4Br2ClN3O/c8-4-1-6(9)5-3-12(10)11-13(14)7(5)2-4/h1-2H,3H2. The van der Waals surface area contributed by atoms with Crippen LogP contribution in [0.25, 0.3) is 0 Å². The lowest BCUT2D eigenvalue weighted by Crippen LogP contribution is -2.15. The number of benzene rings is 1. The van der Waals surface area contributed by atoms with Gasteiger partial charge in [-0.15, -0.1) is 4.86 Å². The van der Waals surface area contributed by atoms with Crippen molar-refractivity contribution in [3.63, 3.8) is 0 Å². The van der Waals surface area contributed by atoms with Gasteiger partial charge in [0.2, 0.25) is 0 Å². The van der Waals surface area contributed by atoms with Crippen LogP contribution in [0.2, 0.25) is 0 Å². The highest BCUT2D eigenvalue weighted by Crippen LogP contribution is 2.35. The van der Waals surface area contributed by atoms with Gasteiger partial charge >= 0.3 is 0 Å². The maximum absolute atomic E-state index is 11.4. The van der Waals surface area contributed by atoms with E-state index in [-0.39, 0.29) is 0 Å². The molecule has 1 aromatic carbocycles. The fourth-order valence-corrected chi connectivity index (χ4v) is 2.72. The molecular formula is C7H4Br2ClN3O. The van der Waals surface area contributed by atoms with Crippen LogP contribution in [0, 0.1) is 5.21 Å². The number of hydrogen-bond donors (Lipinski definition) is 0. The molecule has 7 heteroatoms. The van der Waals surface area contributed by atoms with Gasteiger partial charge in [0.1, 0.15) is 5.22 Å². The number of rotatable bonds is 0. The maximum Gasteiger partial charge on any atom is 0.164 e. The minimum atomic E-state index is 0.406. The summed E-state index contributed by atoms with van der Waals surface area (Å²) in [5, 5.41) is 14.9. The van der Waals surface area contributed by atoms with Crippen molar-refractivity contribution in [1.29, 1.82) is 0 Å². The van der Waals surface area contributed by atoms with E-state index >= 15 is 0 Å². The molecule has 0 saturated carbocycles. The maximum atomic E-state index is 11.4. The molecule has 1 aromatic rings. The lowest BCUT2D eigenvalue weighted by molar-refractivity contribution is -0.463. The third-order valence-electron chi connectivity index (χ3n) is 1.81. The van der Waals surface area contributed by atoms with Crippen LogP contribution in [0.4, 0.5) is 5.69 Å². The number of nitrogens with zero attached hydrogens (tertiary/aromatic N) is 3. The van der Waals surface area contributed by atoms with Gasteiger partial charge in [-0.1, -0.05) is 36.4 Å². The van der Waals surface area contributed by atoms with Gasteiger partial charge in [0.05, 0.1) is 5.56 Å². The molecule has 0 aliphatic carbocycles. The Labute approximate surface area is 102 Å². The normalized spacial score (nSPS) is 15.1. The fourth-order valence-electron chi connectivity index (χ4n) is 1.22. The van der Waals surface area contributed by atoms with Crippen LogP contribution >= 0.6 is 43.6 Å². The van der Waals surface area contributed by atoms with E-state index in [1.54, 1.807) is 6.07 Å². The smallest absolute Gasteiger partial charge is 0.164 e. The van der Waals surface area contributed by atoms with E-state index < -0.39 is 0 Å². The molecule has 0 aromatic heterocycles. The van der Waals surface area contributed by atoms with Gasteiger partial charge in [-0.3, -0.25) is 0 Å². The molecule has 0 atom stereocenters. The predicted octanol–water partition coefficient (Wildman–Crippen LogP) is 3.69. The molecule has 0 radical (unpaired) electrons. The summed E-state index contributed by atoms with van der Waals surface area (Å²) in [4.78, 5) is 0.501. The van der Waals surface area contributed by atoms with Crippen molar-refractivity contribution in [1.82, 2.24) is 4.53 Å². The SMILES string of the molecule is [O-][N+]1=NN(Cl)Cc2c(Br)cc(Br)cc21. The van der Waals surface area contributed by atoms with Crippen molar-refractivity contribution in [2.45, 2.75) is 6.54 Å². The van der Waals surface area contributed by atoms with Crippen LogP contribution in [-0.4, -0.2) is 9.39 Å². The molecule has 14 heavy (non-hydrogen) atoms. The lowest BCUT2D eigenvalue weighted by atomic mass is 10.2. The highest BCUT2D eigenvalue weighted by Gasteiger charge is 2.23. The van der Waals surface area contributed by atoms with Gasteiger partial charge in [-0.05, 0) is 6.07 Å². The molecule has 0 spiro atoms. The van der Waals surface area contributed by atoms with Crippen molar-refractivity contribution >= 4 is 49.3 Å². The van der Waals surface area contributed by atoms with Gasteiger partial charge in [0, 0.05) is 15.0 Å². The Morgan fingerprint density at radius 1 is 1.50 bits per heavy atom. The van der Waals surface area contributed by atoms with Crippen molar-refractivity contribution in [2.75, 3.05) is 0 Å². The monoisotopic (exact) mass is 339 g/mol. The largest absolute Gasteiger partial charge is 0.691 e. The zero-order valence-corrected chi connectivity index (χ0v) is 10.7. The molecule has 4 nitrogen and oxygen atoms in total. The third kappa shape index (κ3) is 1.74. The van der Waals surface area contributed by atoms with Gasteiger partial charge in [0.25, 0.3) is 0 Å². The molecule has 74 valence electrons. The summed E-state index contributed by atoms with van der Waals surface area (Å²) in [6, 6.07) is 3.57. The topological polar surface area (TPSA) is 41.7 Å². The van der Waals surface area contributed by atoms with Crippen LogP contribution in [0.5, 0.6) is 0 Å². The number of halogens is 3. The Morgan fingerprint density at radius 2 is 2.21 bits per heavy atom. The highest BCUT2D eigenvalue weighted by molar-refractivity contribution is 9.11. The lowest BCUT2D eigenvalue weighted by Gasteiger charge is -2.18. The summed E-state index contributed by atoms with van der Waals surface area (Å²) in [6.07, 6.45) is 0. The van der Waals surface area contributed by atoms with Crippen LogP contribution in [0.1, 0.15) is 5.56 Å². The van der Waals surface area contributed by atoms with Crippen molar-refractivity contribution in [3.8, 4) is 0 Å². The average molecular weight is 341 g/mol. The summed E-state index contributed by atoms with van der Waals surface area (Å²) in [6.45, 7) is 0.406. The summed E-state index contributed by atoms with van der Waals surface area (Å²) in [5.41, 5.74) is 1.33. The fraction of sp³-hybridized carbons (Fsp3) is 0.143. The highest BCUT2D eigenvalue weighted by atomic mass is 79.9. The van der Waals surface area contributed by atoms with E-state index in [9.17, 15) is 5.21 Å². The Morgan fingerprint density at radius 3 is 2.93 bits per heavy atom. The molecule has 0 N–H and O–H groups in total. The van der Waals surface area contributed by atoms with E-state index in [1.165, 1.54) is 0 Å². The first-order valence-corrected chi connectivity index (χ1v) is 5.60. The Balaban J connectivity index is 2.63. The number of fused-ring (bicyclic) bond motifs is 1. The second kappa shape index (κ2) is 3.67. The minimum absolute atomic E-state index is 0.406. The third-order valence-corrected chi connectivity index (χ3v) is 3.16. The second-order valence-electron chi connectivity index (χ2n) is 2.74. The second-order valence-corrected chi connectivity index (χ2v) is 4.90. The molecule has 2 rings (SSSR count). The summed E-state index contributed by atoms with van der Waals surface area (Å²) in [5.74, 6) is 0. The van der Waals surface area contributed by atoms with E-state index in [0.717, 1.165) is 19.0 Å². The molecule has 0 unspecified atom stereocenters. The molecule has 0 saturated heterocycles. The predicted molar refractivity (Wildman–Crippen MR) is 59.0 cm³/mol. The first-order chi connectivity index (χ1) is 6.58. The summed E-state index contributed by atoms with van der Waals surface area (Å²) >= 11 is 12.3. The minimum Gasteiger partial charge on any atom is -0.691 e. The van der Waals surface area contributed by atoms with E-state index in [0.29, 0.717) is 17.1 Å². The average Bonchev–Trinajstić information content (AvgIpc) is 2.07. The zero-order chi connectivity index (χ0) is 10.3. The van der Waals surface area contributed by atoms with Crippen LogP contribution in [0.15, 0.2) is 26.3 Å². The molecule has 1 aliphatic heterocycles. The van der Waals surface area contributed by atoms with Gasteiger partial charge in [-0.25, -0.2) is 0 Å². The molecule has 1 heterocycles. The van der Waals surface area contributed by atoms with Crippen molar-refractivity contribution in [3.05, 3.63) is 31.8 Å². The van der Waals surface area contributed by atoms with Crippen molar-refractivity contribution in [2.24, 2.45) is 5.22 Å². The Kier molecular flexibility index (Phi) is 2.68. The van der Waals surface area contributed by atoms with Crippen LogP contribution in [0.3, 0.4) is 0 Å². The first-order valence-electron chi connectivity index (χ1n) is 3.68. The molecule has 0 amide bonds. The van der Waals surface area contributed by atoms with Crippen LogP contribution in [-0.2, 0) is 6.54 Å². The van der Waals surface area contributed by atoms with E-state index in [1.807, 2.05) is 6.07 Å². The first kappa shape index (κ1) is 10.2. The molecule has 1 aliphatic rings. The van der Waals surface area contributed by atoms with Gasteiger partial charge < -0.3 is 5.21 Å². The van der Waals surface area contributed by atoms with E-state index in [2.05, 4.69) is 37.1 Å². The molecule has 0 fully saturated rings. The Hall–Kier alpha value is -0.330. The molecular weight excluding hydrogens is 337 g/mol.